The van der Waals surface area contributed by atoms with Gasteiger partial charge in [-0.1, -0.05) is 76.9 Å². The van der Waals surface area contributed by atoms with Crippen molar-refractivity contribution in [2.24, 2.45) is 5.16 Å². The Morgan fingerprint density at radius 1 is 0.839 bits per heavy atom. The van der Waals surface area contributed by atoms with Gasteiger partial charge in [0.1, 0.15) is 18.1 Å². The van der Waals surface area contributed by atoms with E-state index in [0.717, 1.165) is 22.4 Å². The number of rotatable bonds is 9. The van der Waals surface area contributed by atoms with E-state index < -0.39 is 0 Å². The number of ether oxygens (including phenoxy) is 2. The minimum Gasteiger partial charge on any atom is -0.490 e. The van der Waals surface area contributed by atoms with E-state index in [1.807, 2.05) is 48.5 Å². The molecular formula is C26H27NO4. The average molecular weight is 418 g/mol. The van der Waals surface area contributed by atoms with E-state index in [2.05, 4.69) is 43.3 Å². The third-order valence-electron chi connectivity index (χ3n) is 4.72. The summed E-state index contributed by atoms with van der Waals surface area (Å²) in [7, 11) is 1.38. The van der Waals surface area contributed by atoms with Crippen LogP contribution < -0.4 is 4.74 Å². The summed E-state index contributed by atoms with van der Waals surface area (Å²) in [5.74, 6) is 0.390. The fraction of sp³-hybridized carbons (Fsp3) is 0.231. The van der Waals surface area contributed by atoms with E-state index in [9.17, 15) is 4.79 Å². The highest BCUT2D eigenvalue weighted by Gasteiger charge is 2.08. The van der Waals surface area contributed by atoms with E-state index in [1.165, 1.54) is 18.2 Å². The fourth-order valence-electron chi connectivity index (χ4n) is 2.99. The molecule has 0 aliphatic rings. The number of oxime groups is 1. The molecule has 3 aromatic carbocycles. The molecule has 0 unspecified atom stereocenters. The minimum absolute atomic E-state index is 0.213. The Morgan fingerprint density at radius 2 is 1.45 bits per heavy atom. The highest BCUT2D eigenvalue weighted by Crippen LogP contribution is 2.15. The molecule has 0 amide bonds. The molecule has 0 bridgehead atoms. The molecule has 3 aromatic rings. The number of carbonyl (C=O) groups is 1. The summed E-state index contributed by atoms with van der Waals surface area (Å²) in [4.78, 5) is 17.0. The molecule has 0 saturated carbocycles. The van der Waals surface area contributed by atoms with Gasteiger partial charge < -0.3 is 14.3 Å². The summed E-state index contributed by atoms with van der Waals surface area (Å²) in [5, 5.41) is 4.40. The summed E-state index contributed by atoms with van der Waals surface area (Å²) in [6.07, 6.45) is 0.213. The van der Waals surface area contributed by atoms with Crippen molar-refractivity contribution in [3.05, 3.63) is 101 Å². The standard InChI is InChI=1S/C26H27NO4/c1-19-7-11-22(12-8-19)26(23-13-9-20(2)10-14-23)27-31-16-15-30-24-6-4-5-21(17-24)18-25(28)29-3/h4-14,17H,15-16,18H2,1-3H3. The zero-order chi connectivity index (χ0) is 22.1. The Hall–Kier alpha value is -3.60. The van der Waals surface area contributed by atoms with Crippen LogP contribution in [0.1, 0.15) is 27.8 Å². The van der Waals surface area contributed by atoms with Gasteiger partial charge in [0, 0.05) is 11.1 Å². The summed E-state index contributed by atoms with van der Waals surface area (Å²) < 4.78 is 10.4. The van der Waals surface area contributed by atoms with Gasteiger partial charge in [-0.15, -0.1) is 0 Å². The first kappa shape index (κ1) is 22.1. The Bertz CT molecular complexity index is 977. The molecule has 0 fully saturated rings. The zero-order valence-electron chi connectivity index (χ0n) is 18.1. The maximum atomic E-state index is 11.4. The lowest BCUT2D eigenvalue weighted by atomic mass is 10.0. The number of aryl methyl sites for hydroxylation is 2. The molecular weight excluding hydrogens is 390 g/mol. The topological polar surface area (TPSA) is 57.1 Å². The quantitative estimate of drug-likeness (QED) is 0.216. The van der Waals surface area contributed by atoms with Crippen molar-refractivity contribution in [2.45, 2.75) is 20.3 Å². The van der Waals surface area contributed by atoms with E-state index in [1.54, 1.807) is 0 Å². The lowest BCUT2D eigenvalue weighted by molar-refractivity contribution is -0.139. The number of nitrogens with zero attached hydrogens (tertiary/aromatic N) is 1. The molecule has 0 saturated heterocycles. The number of hydrogen-bond acceptors (Lipinski definition) is 5. The van der Waals surface area contributed by atoms with E-state index in [-0.39, 0.29) is 12.4 Å². The summed E-state index contributed by atoms with van der Waals surface area (Å²) in [6.45, 7) is 4.74. The SMILES string of the molecule is COC(=O)Cc1cccc(OCCON=C(c2ccc(C)cc2)c2ccc(C)cc2)c1. The van der Waals surface area contributed by atoms with E-state index in [4.69, 9.17) is 14.3 Å². The first-order chi connectivity index (χ1) is 15.0. The van der Waals surface area contributed by atoms with Crippen molar-refractivity contribution >= 4 is 11.7 Å². The van der Waals surface area contributed by atoms with Crippen LogP contribution >= 0.6 is 0 Å². The van der Waals surface area contributed by atoms with Gasteiger partial charge >= 0.3 is 5.97 Å². The molecule has 160 valence electrons. The Morgan fingerprint density at radius 3 is 2.03 bits per heavy atom. The lowest BCUT2D eigenvalue weighted by Gasteiger charge is -2.10. The second-order valence-corrected chi connectivity index (χ2v) is 7.25. The predicted molar refractivity (Wildman–Crippen MR) is 122 cm³/mol. The van der Waals surface area contributed by atoms with Crippen molar-refractivity contribution in [1.82, 2.24) is 0 Å². The van der Waals surface area contributed by atoms with Gasteiger partial charge in [-0.3, -0.25) is 4.79 Å². The number of hydrogen-bond donors (Lipinski definition) is 0. The molecule has 0 aliphatic carbocycles. The first-order valence-corrected chi connectivity index (χ1v) is 10.2. The average Bonchev–Trinajstić information content (AvgIpc) is 2.78. The van der Waals surface area contributed by atoms with Gasteiger partial charge in [-0.25, -0.2) is 0 Å². The summed E-state index contributed by atoms with van der Waals surface area (Å²) in [5.41, 5.74) is 5.98. The molecule has 0 radical (unpaired) electrons. The molecule has 0 atom stereocenters. The highest BCUT2D eigenvalue weighted by molar-refractivity contribution is 6.12. The van der Waals surface area contributed by atoms with Crippen LogP contribution in [0.2, 0.25) is 0 Å². The molecule has 0 spiro atoms. The molecule has 0 aromatic heterocycles. The first-order valence-electron chi connectivity index (χ1n) is 10.2. The van der Waals surface area contributed by atoms with Crippen LogP contribution in [0.4, 0.5) is 0 Å². The number of esters is 1. The maximum Gasteiger partial charge on any atom is 0.309 e. The predicted octanol–water partition coefficient (Wildman–Crippen LogP) is 4.87. The van der Waals surface area contributed by atoms with E-state index in [0.29, 0.717) is 19.0 Å². The molecule has 0 aliphatic heterocycles. The Labute approximate surface area is 183 Å². The van der Waals surface area contributed by atoms with Crippen molar-refractivity contribution in [1.29, 1.82) is 0 Å². The van der Waals surface area contributed by atoms with Gasteiger partial charge in [0.15, 0.2) is 6.61 Å². The van der Waals surface area contributed by atoms with Crippen LogP contribution in [0.25, 0.3) is 0 Å². The third kappa shape index (κ3) is 6.71. The van der Waals surface area contributed by atoms with Crippen LogP contribution in [-0.4, -0.2) is 32.0 Å². The molecule has 3 rings (SSSR count). The van der Waals surface area contributed by atoms with Gasteiger partial charge in [-0.2, -0.15) is 0 Å². The zero-order valence-corrected chi connectivity index (χ0v) is 18.1. The smallest absolute Gasteiger partial charge is 0.309 e. The van der Waals surface area contributed by atoms with Crippen molar-refractivity contribution in [3.63, 3.8) is 0 Å². The van der Waals surface area contributed by atoms with Crippen LogP contribution in [0.3, 0.4) is 0 Å². The monoisotopic (exact) mass is 417 g/mol. The van der Waals surface area contributed by atoms with Crippen molar-refractivity contribution in [2.75, 3.05) is 20.3 Å². The van der Waals surface area contributed by atoms with Gasteiger partial charge in [0.25, 0.3) is 0 Å². The Balaban J connectivity index is 1.62. The highest BCUT2D eigenvalue weighted by atomic mass is 16.6. The van der Waals surface area contributed by atoms with Crippen LogP contribution in [-0.2, 0) is 20.8 Å². The molecule has 0 heterocycles. The Kier molecular flexibility index (Phi) is 7.82. The van der Waals surface area contributed by atoms with Gasteiger partial charge in [-0.05, 0) is 31.5 Å². The summed E-state index contributed by atoms with van der Waals surface area (Å²) in [6, 6.07) is 23.8. The van der Waals surface area contributed by atoms with Crippen molar-refractivity contribution < 1.29 is 19.1 Å². The third-order valence-corrected chi connectivity index (χ3v) is 4.72. The normalized spacial score (nSPS) is 10.3. The van der Waals surface area contributed by atoms with Gasteiger partial charge in [0.2, 0.25) is 0 Å². The number of carbonyl (C=O) groups excluding carboxylic acids is 1. The molecule has 31 heavy (non-hydrogen) atoms. The number of methoxy groups -OCH3 is 1. The van der Waals surface area contributed by atoms with Crippen LogP contribution in [0.5, 0.6) is 5.75 Å². The largest absolute Gasteiger partial charge is 0.490 e. The molecule has 5 heteroatoms. The van der Waals surface area contributed by atoms with E-state index >= 15 is 0 Å². The summed E-state index contributed by atoms with van der Waals surface area (Å²) >= 11 is 0. The molecule has 5 nitrogen and oxygen atoms in total. The second kappa shape index (κ2) is 11.0. The number of benzene rings is 3. The fourth-order valence-corrected chi connectivity index (χ4v) is 2.99. The minimum atomic E-state index is -0.283. The van der Waals surface area contributed by atoms with Crippen LogP contribution in [0, 0.1) is 13.8 Å². The van der Waals surface area contributed by atoms with Gasteiger partial charge in [0.05, 0.1) is 13.5 Å². The second-order valence-electron chi connectivity index (χ2n) is 7.25. The molecule has 0 N–H and O–H groups in total. The van der Waals surface area contributed by atoms with Crippen molar-refractivity contribution in [3.8, 4) is 5.75 Å². The lowest BCUT2D eigenvalue weighted by Crippen LogP contribution is -2.09. The van der Waals surface area contributed by atoms with Crippen LogP contribution in [0.15, 0.2) is 78.0 Å². The maximum absolute atomic E-state index is 11.4.